The number of halogens is 3. The smallest absolute Gasteiger partial charge is 0.415 e. The molecule has 0 aromatic carbocycles. The lowest BCUT2D eigenvalue weighted by molar-refractivity contribution is -0.188. The number of carboxylic acid groups (broad SMARTS) is 1. The highest BCUT2D eigenvalue weighted by atomic mass is 19.4. The number of amides is 1. The molecule has 0 aliphatic heterocycles. The zero-order valence-corrected chi connectivity index (χ0v) is 9.04. The van der Waals surface area contributed by atoms with Gasteiger partial charge in [0, 0.05) is 0 Å². The molecule has 1 saturated carbocycles. The topological polar surface area (TPSA) is 92.4 Å². The Hall–Kier alpha value is -1.31. The van der Waals surface area contributed by atoms with Gasteiger partial charge in [-0.3, -0.25) is 4.79 Å². The van der Waals surface area contributed by atoms with Gasteiger partial charge < -0.3 is 16.2 Å². The molecule has 2 unspecified atom stereocenters. The normalized spacial score (nSPS) is 21.5. The third kappa shape index (κ3) is 2.87. The van der Waals surface area contributed by atoms with Crippen molar-refractivity contribution < 1.29 is 27.9 Å². The summed E-state index contributed by atoms with van der Waals surface area (Å²) in [6.45, 7) is 0.508. The van der Waals surface area contributed by atoms with Crippen LogP contribution in [0.1, 0.15) is 19.8 Å². The van der Waals surface area contributed by atoms with E-state index in [0.29, 0.717) is 19.8 Å². The van der Waals surface area contributed by atoms with Gasteiger partial charge in [0.1, 0.15) is 6.04 Å². The van der Waals surface area contributed by atoms with Crippen LogP contribution < -0.4 is 11.1 Å². The van der Waals surface area contributed by atoms with Crippen molar-refractivity contribution in [2.24, 2.45) is 11.7 Å². The van der Waals surface area contributed by atoms with Gasteiger partial charge in [0.05, 0.1) is 0 Å². The van der Waals surface area contributed by atoms with Crippen LogP contribution in [-0.2, 0) is 9.59 Å². The lowest BCUT2D eigenvalue weighted by Gasteiger charge is -2.27. The van der Waals surface area contributed by atoms with Crippen molar-refractivity contribution in [1.29, 1.82) is 0 Å². The molecule has 1 fully saturated rings. The Morgan fingerprint density at radius 1 is 1.41 bits per heavy atom. The molecule has 4 N–H and O–H groups in total. The molecule has 0 heterocycles. The molecule has 1 aliphatic carbocycles. The quantitative estimate of drug-likeness (QED) is 0.670. The molecular formula is C9H13F3N2O3. The summed E-state index contributed by atoms with van der Waals surface area (Å²) in [4.78, 5) is 22.1. The first-order valence-electron chi connectivity index (χ1n) is 4.96. The molecule has 98 valence electrons. The Kier molecular flexibility index (Phi) is 3.37. The van der Waals surface area contributed by atoms with Crippen LogP contribution in [0.15, 0.2) is 0 Å². The minimum absolute atomic E-state index is 0.305. The maximum atomic E-state index is 12.4. The molecule has 0 aromatic heterocycles. The first kappa shape index (κ1) is 13.8. The third-order valence-electron chi connectivity index (χ3n) is 2.71. The number of nitrogens with one attached hydrogen (secondary N) is 1. The molecule has 0 radical (unpaired) electrons. The van der Waals surface area contributed by atoms with Gasteiger partial charge in [0.2, 0.25) is 5.91 Å². The van der Waals surface area contributed by atoms with Crippen LogP contribution in [-0.4, -0.2) is 34.7 Å². The summed E-state index contributed by atoms with van der Waals surface area (Å²) < 4.78 is 37.3. The highest BCUT2D eigenvalue weighted by molar-refractivity contribution is 5.90. The van der Waals surface area contributed by atoms with E-state index in [9.17, 15) is 22.8 Å². The van der Waals surface area contributed by atoms with Gasteiger partial charge in [0.25, 0.3) is 0 Å². The van der Waals surface area contributed by atoms with E-state index in [1.54, 1.807) is 0 Å². The second kappa shape index (κ2) is 4.17. The van der Waals surface area contributed by atoms with Crippen LogP contribution in [0.2, 0.25) is 0 Å². The van der Waals surface area contributed by atoms with Gasteiger partial charge in [-0.25, -0.2) is 4.79 Å². The fourth-order valence-electron chi connectivity index (χ4n) is 1.23. The predicted octanol–water partition coefficient (Wildman–Crippen LogP) is 0.245. The fourth-order valence-corrected chi connectivity index (χ4v) is 1.23. The summed E-state index contributed by atoms with van der Waals surface area (Å²) in [7, 11) is 0. The van der Waals surface area contributed by atoms with Crippen LogP contribution in [0, 0.1) is 5.92 Å². The lowest BCUT2D eigenvalue weighted by atomic mass is 10.0. The predicted molar refractivity (Wildman–Crippen MR) is 50.9 cm³/mol. The van der Waals surface area contributed by atoms with E-state index in [1.807, 2.05) is 5.32 Å². The first-order chi connectivity index (χ1) is 7.57. The summed E-state index contributed by atoms with van der Waals surface area (Å²) in [6.07, 6.45) is -3.78. The van der Waals surface area contributed by atoms with Crippen LogP contribution in [0.25, 0.3) is 0 Å². The molecule has 17 heavy (non-hydrogen) atoms. The van der Waals surface area contributed by atoms with Crippen molar-refractivity contribution in [3.8, 4) is 0 Å². The second-order valence-corrected chi connectivity index (χ2v) is 4.33. The third-order valence-corrected chi connectivity index (χ3v) is 2.71. The minimum atomic E-state index is -4.93. The van der Waals surface area contributed by atoms with E-state index in [0.717, 1.165) is 0 Å². The Balaban J connectivity index is 2.73. The Morgan fingerprint density at radius 3 is 2.18 bits per heavy atom. The van der Waals surface area contributed by atoms with E-state index < -0.39 is 29.6 Å². The second-order valence-electron chi connectivity index (χ2n) is 4.33. The van der Waals surface area contributed by atoms with Crippen molar-refractivity contribution in [2.45, 2.75) is 37.5 Å². The van der Waals surface area contributed by atoms with Crippen LogP contribution >= 0.6 is 0 Å². The molecular weight excluding hydrogens is 241 g/mol. The van der Waals surface area contributed by atoms with Crippen LogP contribution in [0.4, 0.5) is 13.2 Å². The largest absolute Gasteiger partial charge is 0.480 e. The number of carbonyl (C=O) groups excluding carboxylic acids is 1. The average Bonchev–Trinajstić information content (AvgIpc) is 2.94. The van der Waals surface area contributed by atoms with E-state index in [1.165, 1.54) is 0 Å². The zero-order valence-electron chi connectivity index (χ0n) is 9.04. The van der Waals surface area contributed by atoms with E-state index in [4.69, 9.17) is 10.8 Å². The monoisotopic (exact) mass is 254 g/mol. The lowest BCUT2D eigenvalue weighted by Crippen LogP contribution is -2.63. The maximum Gasteiger partial charge on any atom is 0.415 e. The van der Waals surface area contributed by atoms with E-state index >= 15 is 0 Å². The molecule has 0 saturated heterocycles. The van der Waals surface area contributed by atoms with E-state index in [-0.39, 0.29) is 5.92 Å². The molecule has 8 heteroatoms. The minimum Gasteiger partial charge on any atom is -0.480 e. The van der Waals surface area contributed by atoms with Crippen molar-refractivity contribution in [3.63, 3.8) is 0 Å². The van der Waals surface area contributed by atoms with Gasteiger partial charge in [-0.05, 0) is 25.7 Å². The molecule has 0 aromatic rings. The number of aliphatic carboxylic acids is 1. The van der Waals surface area contributed by atoms with Gasteiger partial charge in [0.15, 0.2) is 5.54 Å². The number of alkyl halides is 3. The van der Waals surface area contributed by atoms with Crippen LogP contribution in [0.5, 0.6) is 0 Å². The van der Waals surface area contributed by atoms with Gasteiger partial charge in [-0.1, -0.05) is 0 Å². The van der Waals surface area contributed by atoms with E-state index in [2.05, 4.69) is 0 Å². The average molecular weight is 254 g/mol. The number of hydrogen-bond donors (Lipinski definition) is 3. The Bertz CT molecular complexity index is 337. The zero-order chi connectivity index (χ0) is 13.4. The molecule has 0 spiro atoms. The van der Waals surface area contributed by atoms with Gasteiger partial charge in [-0.2, -0.15) is 13.2 Å². The molecule has 2 atom stereocenters. The molecule has 0 bridgehead atoms. The van der Waals surface area contributed by atoms with Crippen molar-refractivity contribution in [1.82, 2.24) is 5.32 Å². The van der Waals surface area contributed by atoms with Crippen molar-refractivity contribution >= 4 is 11.9 Å². The number of rotatable bonds is 4. The molecule has 1 amide bonds. The number of carboxylic acids is 1. The standard InChI is InChI=1S/C9H13F3N2O3/c1-8(13,9(10,11)12)7(17)14-5(6(15)16)4-2-3-4/h4-5H,2-3,13H2,1H3,(H,14,17)(H,15,16). The fraction of sp³-hybridized carbons (Fsp3) is 0.778. The van der Waals surface area contributed by atoms with Crippen molar-refractivity contribution in [2.75, 3.05) is 0 Å². The number of hydrogen-bond acceptors (Lipinski definition) is 3. The maximum absolute atomic E-state index is 12.4. The molecule has 5 nitrogen and oxygen atoms in total. The summed E-state index contributed by atoms with van der Waals surface area (Å²) in [5.74, 6) is -3.18. The SMILES string of the molecule is CC(N)(C(=O)NC(C(=O)O)C1CC1)C(F)(F)F. The summed E-state index contributed by atoms with van der Waals surface area (Å²) >= 11 is 0. The van der Waals surface area contributed by atoms with Crippen LogP contribution in [0.3, 0.4) is 0 Å². The van der Waals surface area contributed by atoms with Gasteiger partial charge >= 0.3 is 12.1 Å². The Morgan fingerprint density at radius 2 is 1.88 bits per heavy atom. The summed E-state index contributed by atoms with van der Waals surface area (Å²) in [5, 5.41) is 10.6. The van der Waals surface area contributed by atoms with Gasteiger partial charge in [-0.15, -0.1) is 0 Å². The highest BCUT2D eigenvalue weighted by Gasteiger charge is 2.55. The molecule has 1 aliphatic rings. The Labute approximate surface area is 95.2 Å². The van der Waals surface area contributed by atoms with Crippen molar-refractivity contribution in [3.05, 3.63) is 0 Å². The number of nitrogens with two attached hydrogens (primary N) is 1. The number of carbonyl (C=O) groups is 2. The highest BCUT2D eigenvalue weighted by Crippen LogP contribution is 2.34. The summed E-state index contributed by atoms with van der Waals surface area (Å²) in [6, 6.07) is -1.30. The molecule has 1 rings (SSSR count). The first-order valence-corrected chi connectivity index (χ1v) is 4.96. The summed E-state index contributed by atoms with van der Waals surface area (Å²) in [5.41, 5.74) is 1.79.